The second-order valence-electron chi connectivity index (χ2n) is 21.7. The Kier molecular flexibility index (Phi) is 19.0. The molecular formula is C66H73N9O7. The first kappa shape index (κ1) is 56.5. The van der Waals surface area contributed by atoms with Crippen LogP contribution in [0.25, 0.3) is 22.1 Å². The number of aromatic amines is 2. The molecule has 2 saturated heterocycles. The standard InChI is InChI=1S/C37H40N4O4.C29H33N5O3/c42-36-38-34-18-7-8-19-35(34)41(36)32-20-22-40(37(43)44)31(24-32)16-10-21-39(25-28-11-3-1-4-12-28)26-30-15-9-17-33(23-30)45-27-29-13-5-2-6-14-29;35-28-31-25-13-4-5-14-27(25)34(28)26-15-18-33(29(36)37)20-23(26)11-8-17-32(19-22-9-2-1-3-10-22)21-24-12-6-7-16-30-24/h1-9,11-15,17-19,23,31-32H,10,16,20-22,24-27H2,(H,38,42)(H,43,44);1-7,9-10,12-14,16,23,26H,8,11,15,17-21H2,(H,31,35)(H,36,37)/t;23?,26-/m.0/s1. The van der Waals surface area contributed by atoms with Gasteiger partial charge in [0.1, 0.15) is 12.4 Å². The van der Waals surface area contributed by atoms with E-state index in [9.17, 15) is 29.4 Å². The van der Waals surface area contributed by atoms with Crippen molar-refractivity contribution < 1.29 is 24.5 Å². The molecule has 11 rings (SSSR count). The van der Waals surface area contributed by atoms with E-state index in [1.54, 1.807) is 4.90 Å². The highest BCUT2D eigenvalue weighted by Crippen LogP contribution is 2.34. The molecule has 3 aromatic heterocycles. The number of nitrogens with zero attached hydrogens (tertiary/aromatic N) is 7. The number of hydrogen-bond acceptors (Lipinski definition) is 8. The maximum absolute atomic E-state index is 12.9. The smallest absolute Gasteiger partial charge is 0.407 e. The number of fused-ring (bicyclic) bond motifs is 2. The van der Waals surface area contributed by atoms with Gasteiger partial charge in [0, 0.05) is 70.1 Å². The molecule has 6 aromatic carbocycles. The van der Waals surface area contributed by atoms with Gasteiger partial charge in [0.15, 0.2) is 0 Å². The van der Waals surface area contributed by atoms with Crippen molar-refractivity contribution in [3.63, 3.8) is 0 Å². The molecule has 0 bridgehead atoms. The lowest BCUT2D eigenvalue weighted by Gasteiger charge is -2.38. The number of rotatable bonds is 21. The minimum absolute atomic E-state index is 0.0439. The van der Waals surface area contributed by atoms with E-state index in [1.807, 2.05) is 125 Å². The van der Waals surface area contributed by atoms with Crippen molar-refractivity contribution >= 4 is 34.3 Å². The predicted molar refractivity (Wildman–Crippen MR) is 320 cm³/mol. The summed E-state index contributed by atoms with van der Waals surface area (Å²) in [6.45, 7) is 6.56. The predicted octanol–water partition coefficient (Wildman–Crippen LogP) is 11.8. The number of benzene rings is 6. The van der Waals surface area contributed by atoms with Crippen LogP contribution in [0, 0.1) is 5.92 Å². The Morgan fingerprint density at radius 1 is 0.573 bits per heavy atom. The fourth-order valence-corrected chi connectivity index (χ4v) is 12.1. The summed E-state index contributed by atoms with van der Waals surface area (Å²) in [5.41, 5.74) is 8.93. The highest BCUT2D eigenvalue weighted by Gasteiger charge is 2.35. The van der Waals surface area contributed by atoms with Gasteiger partial charge in [-0.3, -0.25) is 23.9 Å². The first-order valence-electron chi connectivity index (χ1n) is 28.7. The van der Waals surface area contributed by atoms with Gasteiger partial charge >= 0.3 is 23.6 Å². The number of likely N-dealkylation sites (tertiary alicyclic amines) is 2. The van der Waals surface area contributed by atoms with Gasteiger partial charge in [0.25, 0.3) is 0 Å². The number of imidazole rings is 2. The second-order valence-corrected chi connectivity index (χ2v) is 21.7. The number of hydrogen-bond donors (Lipinski definition) is 4. The van der Waals surface area contributed by atoms with Crippen LogP contribution in [0.15, 0.2) is 198 Å². The molecule has 2 aliphatic heterocycles. The molecule has 4 atom stereocenters. The molecule has 16 nitrogen and oxygen atoms in total. The fourth-order valence-electron chi connectivity index (χ4n) is 12.1. The number of amides is 2. The number of carboxylic acid groups (broad SMARTS) is 2. The van der Waals surface area contributed by atoms with Crippen molar-refractivity contribution in [2.24, 2.45) is 5.92 Å². The van der Waals surface area contributed by atoms with E-state index in [0.29, 0.717) is 45.5 Å². The van der Waals surface area contributed by atoms with Gasteiger partial charge in [0.2, 0.25) is 0 Å². The van der Waals surface area contributed by atoms with Gasteiger partial charge < -0.3 is 34.7 Å². The van der Waals surface area contributed by atoms with Crippen LogP contribution in [0.2, 0.25) is 0 Å². The van der Waals surface area contributed by atoms with Crippen LogP contribution < -0.4 is 16.1 Å². The maximum atomic E-state index is 12.9. The third-order valence-corrected chi connectivity index (χ3v) is 16.1. The largest absolute Gasteiger partial charge is 0.489 e. The average Bonchev–Trinajstić information content (AvgIpc) is 3.74. The van der Waals surface area contributed by atoms with Gasteiger partial charge in [-0.1, -0.05) is 133 Å². The molecular weight excluding hydrogens is 1030 g/mol. The van der Waals surface area contributed by atoms with Gasteiger partial charge in [-0.2, -0.15) is 0 Å². The van der Waals surface area contributed by atoms with Crippen LogP contribution in [0.4, 0.5) is 9.59 Å². The van der Waals surface area contributed by atoms with Crippen molar-refractivity contribution in [3.8, 4) is 5.75 Å². The number of carbonyl (C=O) groups is 2. The summed E-state index contributed by atoms with van der Waals surface area (Å²) in [5, 5.41) is 19.7. The van der Waals surface area contributed by atoms with Crippen LogP contribution in [-0.4, -0.2) is 105 Å². The third-order valence-electron chi connectivity index (χ3n) is 16.1. The summed E-state index contributed by atoms with van der Waals surface area (Å²) in [6, 6.07) is 60.4. The number of para-hydroxylation sites is 4. The van der Waals surface area contributed by atoms with Crippen molar-refractivity contribution in [3.05, 3.63) is 237 Å². The number of nitrogens with one attached hydrogen (secondary N) is 2. The summed E-state index contributed by atoms with van der Waals surface area (Å²) >= 11 is 0. The molecule has 16 heteroatoms. The molecule has 0 radical (unpaired) electrons. The summed E-state index contributed by atoms with van der Waals surface area (Å²) < 4.78 is 9.78. The Hall–Kier alpha value is -8.73. The molecule has 3 unspecified atom stereocenters. The molecule has 0 spiro atoms. The quantitative estimate of drug-likeness (QED) is 0.0540. The lowest BCUT2D eigenvalue weighted by Crippen LogP contribution is -2.47. The highest BCUT2D eigenvalue weighted by atomic mass is 16.5. The van der Waals surface area contributed by atoms with E-state index in [4.69, 9.17) is 4.74 Å². The molecule has 424 valence electrons. The van der Waals surface area contributed by atoms with Crippen molar-refractivity contribution in [1.29, 1.82) is 0 Å². The van der Waals surface area contributed by atoms with E-state index in [-0.39, 0.29) is 35.4 Å². The molecule has 0 saturated carbocycles. The number of piperidine rings is 2. The number of H-pyrrole nitrogens is 2. The maximum Gasteiger partial charge on any atom is 0.407 e. The van der Waals surface area contributed by atoms with Crippen LogP contribution >= 0.6 is 0 Å². The average molecular weight is 1100 g/mol. The molecule has 82 heavy (non-hydrogen) atoms. The van der Waals surface area contributed by atoms with Gasteiger partial charge in [0.05, 0.1) is 27.8 Å². The van der Waals surface area contributed by atoms with Gasteiger partial charge in [-0.25, -0.2) is 19.2 Å². The van der Waals surface area contributed by atoms with E-state index < -0.39 is 12.2 Å². The van der Waals surface area contributed by atoms with E-state index in [2.05, 4.69) is 97.5 Å². The van der Waals surface area contributed by atoms with Crippen LogP contribution in [0.3, 0.4) is 0 Å². The van der Waals surface area contributed by atoms with Crippen molar-refractivity contribution in [2.45, 2.75) is 95.9 Å². The monoisotopic (exact) mass is 1100 g/mol. The summed E-state index contributed by atoms with van der Waals surface area (Å²) in [7, 11) is 0. The van der Waals surface area contributed by atoms with Crippen molar-refractivity contribution in [1.82, 2.24) is 43.7 Å². The lowest BCUT2D eigenvalue weighted by atomic mass is 9.87. The molecule has 4 N–H and O–H groups in total. The molecule has 9 aromatic rings. The number of aromatic nitrogens is 5. The lowest BCUT2D eigenvalue weighted by molar-refractivity contribution is 0.0853. The molecule has 0 aliphatic carbocycles. The number of ether oxygens (including phenoxy) is 1. The van der Waals surface area contributed by atoms with Gasteiger partial charge in [-0.15, -0.1) is 0 Å². The minimum atomic E-state index is -0.893. The Balaban J connectivity index is 0.000000187. The van der Waals surface area contributed by atoms with Crippen LogP contribution in [0.5, 0.6) is 5.75 Å². The van der Waals surface area contributed by atoms with E-state index in [0.717, 1.165) is 104 Å². The number of pyridine rings is 1. The van der Waals surface area contributed by atoms with E-state index >= 15 is 0 Å². The van der Waals surface area contributed by atoms with Crippen molar-refractivity contribution in [2.75, 3.05) is 32.7 Å². The Bertz CT molecular complexity index is 3550. The first-order chi connectivity index (χ1) is 40.1. The summed E-state index contributed by atoms with van der Waals surface area (Å²) in [4.78, 5) is 68.2. The molecule has 2 fully saturated rings. The normalized spacial score (nSPS) is 17.2. The highest BCUT2D eigenvalue weighted by molar-refractivity contribution is 5.76. The zero-order chi connectivity index (χ0) is 56.6. The fraction of sp³-hybridized carbons (Fsp3) is 0.318. The Morgan fingerprint density at radius 3 is 1.77 bits per heavy atom. The van der Waals surface area contributed by atoms with Crippen LogP contribution in [0.1, 0.15) is 85.0 Å². The zero-order valence-corrected chi connectivity index (χ0v) is 46.3. The van der Waals surface area contributed by atoms with Crippen LogP contribution in [-0.2, 0) is 32.8 Å². The third kappa shape index (κ3) is 14.8. The topological polar surface area (TPSA) is 185 Å². The SMILES string of the molecule is O=C(O)N1CCC(n2c(=O)[nH]c3ccccc32)CC1CCCN(Cc1ccccc1)Cc1cccc(OCc2ccccc2)c1.O=C(O)N1CC[C@H](n2c(=O)[nH]c3ccccc32)C(CCCN(Cc2ccccc2)Cc2ccccn2)C1. The molecule has 2 amide bonds. The summed E-state index contributed by atoms with van der Waals surface area (Å²) in [6.07, 6.45) is 5.18. The molecule has 5 heterocycles. The second kappa shape index (κ2) is 27.6. The first-order valence-corrected chi connectivity index (χ1v) is 28.7. The van der Waals surface area contributed by atoms with E-state index in [1.165, 1.54) is 21.6 Å². The Labute approximate surface area is 477 Å². The zero-order valence-electron chi connectivity index (χ0n) is 46.3. The summed E-state index contributed by atoms with van der Waals surface area (Å²) in [5.74, 6) is 0.893. The Morgan fingerprint density at radius 2 is 1.13 bits per heavy atom. The molecule has 2 aliphatic rings. The minimum Gasteiger partial charge on any atom is -0.489 e. The van der Waals surface area contributed by atoms with Gasteiger partial charge in [-0.05, 0) is 135 Å².